The van der Waals surface area contributed by atoms with E-state index in [1.54, 1.807) is 6.08 Å². The van der Waals surface area contributed by atoms with E-state index in [2.05, 4.69) is 6.92 Å². The predicted molar refractivity (Wildman–Crippen MR) is 80.0 cm³/mol. The lowest BCUT2D eigenvalue weighted by atomic mass is 10.1. The summed E-state index contributed by atoms with van der Waals surface area (Å²) < 4.78 is 0. The van der Waals surface area contributed by atoms with Gasteiger partial charge in [0.15, 0.2) is 0 Å². The maximum atomic E-state index is 9.88. The van der Waals surface area contributed by atoms with Crippen molar-refractivity contribution in [3.05, 3.63) is 6.08 Å². The van der Waals surface area contributed by atoms with E-state index in [1.807, 2.05) is 5.94 Å². The molecule has 1 N–H and O–H groups in total. The molecule has 3 heteroatoms. The Kier molecular flexibility index (Phi) is 20.5. The zero-order valence-corrected chi connectivity index (χ0v) is 12.6. The zero-order valence-electron chi connectivity index (χ0n) is 12.6. The van der Waals surface area contributed by atoms with Crippen molar-refractivity contribution in [1.82, 2.24) is 0 Å². The van der Waals surface area contributed by atoms with Gasteiger partial charge in [-0.15, -0.1) is 0 Å². The molecule has 112 valence electrons. The number of aliphatic carboxylic acids is 1. The van der Waals surface area contributed by atoms with Crippen LogP contribution in [0.1, 0.15) is 84.5 Å². The van der Waals surface area contributed by atoms with Crippen molar-refractivity contribution < 1.29 is 14.7 Å². The van der Waals surface area contributed by atoms with Crippen LogP contribution in [0.25, 0.3) is 0 Å². The number of rotatable bonds is 11. The van der Waals surface area contributed by atoms with E-state index in [4.69, 9.17) is 9.90 Å². The second kappa shape index (κ2) is 19.3. The third-order valence-electron chi connectivity index (χ3n) is 2.79. The van der Waals surface area contributed by atoms with Gasteiger partial charge in [0.2, 0.25) is 0 Å². The van der Waals surface area contributed by atoms with Crippen LogP contribution in [-0.2, 0) is 9.59 Å². The molecule has 0 aromatic heterocycles. The van der Waals surface area contributed by atoms with Crippen molar-refractivity contribution in [3.63, 3.8) is 0 Å². The number of carbonyl (C=O) groups excluding carboxylic acids is 1. The largest absolute Gasteiger partial charge is 0.481 e. The molecule has 0 saturated heterocycles. The Labute approximate surface area is 118 Å². The fraction of sp³-hybridized carbons (Fsp3) is 0.812. The minimum absolute atomic E-state index is 0.833. The van der Waals surface area contributed by atoms with Crippen LogP contribution in [-0.4, -0.2) is 17.0 Å². The van der Waals surface area contributed by atoms with Gasteiger partial charge in [0.1, 0.15) is 5.94 Å². The Morgan fingerprint density at radius 3 is 1.68 bits per heavy atom. The summed E-state index contributed by atoms with van der Waals surface area (Å²) in [5.74, 6) is 0.990. The summed E-state index contributed by atoms with van der Waals surface area (Å²) in [7, 11) is 0. The molecule has 0 spiro atoms. The number of hydrogen-bond acceptors (Lipinski definition) is 2. The lowest BCUT2D eigenvalue weighted by Gasteiger charge is -2.00. The second-order valence-corrected chi connectivity index (χ2v) is 4.81. The van der Waals surface area contributed by atoms with Gasteiger partial charge >= 0.3 is 0 Å². The van der Waals surface area contributed by atoms with Crippen LogP contribution in [0.2, 0.25) is 0 Å². The van der Waals surface area contributed by atoms with Gasteiger partial charge in [0.05, 0.1) is 0 Å². The van der Waals surface area contributed by atoms with Crippen molar-refractivity contribution in [2.75, 3.05) is 0 Å². The Balaban J connectivity index is 0. The molecule has 0 aliphatic carbocycles. The standard InChI is InChI=1S/C14H26O.C2H4O2/c1-2-3-4-5-6-7-8-9-10-11-12-13-14-15;1-2(3)4/h13H,2-12H2,1H3;1H3,(H,3,4). The number of allylic oxidation sites excluding steroid dienone is 1. The highest BCUT2D eigenvalue weighted by molar-refractivity contribution is 5.62. The summed E-state index contributed by atoms with van der Waals surface area (Å²) in [5.41, 5.74) is 0. The first-order chi connectivity index (χ1) is 9.15. The van der Waals surface area contributed by atoms with Gasteiger partial charge in [0.25, 0.3) is 5.97 Å². The maximum absolute atomic E-state index is 9.88. The van der Waals surface area contributed by atoms with E-state index < -0.39 is 5.97 Å². The summed E-state index contributed by atoms with van der Waals surface area (Å²) in [4.78, 5) is 18.9. The molecular weight excluding hydrogens is 240 g/mol. The van der Waals surface area contributed by atoms with E-state index in [-0.39, 0.29) is 0 Å². The first-order valence-corrected chi connectivity index (χ1v) is 7.54. The number of unbranched alkanes of at least 4 members (excludes halogenated alkanes) is 10. The van der Waals surface area contributed by atoms with Crippen LogP contribution in [0.3, 0.4) is 0 Å². The highest BCUT2D eigenvalue weighted by Gasteiger charge is 1.91. The number of carboxylic acids is 1. The van der Waals surface area contributed by atoms with E-state index >= 15 is 0 Å². The van der Waals surface area contributed by atoms with Crippen LogP contribution in [0.5, 0.6) is 0 Å². The van der Waals surface area contributed by atoms with Gasteiger partial charge in [0, 0.05) is 6.92 Å². The minimum atomic E-state index is -0.833. The molecule has 0 fully saturated rings. The molecule has 0 amide bonds. The predicted octanol–water partition coefficient (Wildman–Crippen LogP) is 4.78. The van der Waals surface area contributed by atoms with Crippen LogP contribution in [0.15, 0.2) is 6.08 Å². The summed E-state index contributed by atoms with van der Waals surface area (Å²) in [5, 5.41) is 7.42. The fourth-order valence-corrected chi connectivity index (χ4v) is 1.79. The topological polar surface area (TPSA) is 54.4 Å². The Hall–Kier alpha value is -1.08. The summed E-state index contributed by atoms with van der Waals surface area (Å²) in [6.07, 6.45) is 16.0. The molecule has 19 heavy (non-hydrogen) atoms. The Morgan fingerprint density at radius 2 is 1.32 bits per heavy atom. The van der Waals surface area contributed by atoms with Gasteiger partial charge in [-0.2, -0.15) is 0 Å². The highest BCUT2D eigenvalue weighted by atomic mass is 16.4. The van der Waals surface area contributed by atoms with Crippen LogP contribution < -0.4 is 0 Å². The van der Waals surface area contributed by atoms with Gasteiger partial charge in [-0.25, -0.2) is 4.79 Å². The molecule has 3 nitrogen and oxygen atoms in total. The van der Waals surface area contributed by atoms with Crippen molar-refractivity contribution in [1.29, 1.82) is 0 Å². The molecule has 0 radical (unpaired) electrons. The molecule has 0 rings (SSSR count). The van der Waals surface area contributed by atoms with E-state index in [1.165, 1.54) is 57.8 Å². The van der Waals surface area contributed by atoms with Crippen LogP contribution in [0, 0.1) is 0 Å². The quantitative estimate of drug-likeness (QED) is 0.434. The van der Waals surface area contributed by atoms with Crippen molar-refractivity contribution in [2.24, 2.45) is 0 Å². The SMILES string of the molecule is CC(=O)O.CCCCCCCCCCCCC=C=O. The molecule has 0 heterocycles. The average Bonchev–Trinajstić information content (AvgIpc) is 2.35. The van der Waals surface area contributed by atoms with Crippen LogP contribution >= 0.6 is 0 Å². The monoisotopic (exact) mass is 270 g/mol. The number of hydrogen-bond donors (Lipinski definition) is 1. The molecule has 0 aromatic carbocycles. The fourth-order valence-electron chi connectivity index (χ4n) is 1.79. The molecular formula is C16H30O3. The summed E-state index contributed by atoms with van der Waals surface area (Å²) in [6, 6.07) is 0. The lowest BCUT2D eigenvalue weighted by molar-refractivity contribution is -0.134. The third-order valence-corrected chi connectivity index (χ3v) is 2.79. The van der Waals surface area contributed by atoms with E-state index in [0.29, 0.717) is 0 Å². The minimum Gasteiger partial charge on any atom is -0.481 e. The number of carboxylic acid groups (broad SMARTS) is 1. The number of carbonyl (C=O) groups is 1. The third kappa shape index (κ3) is 31.6. The lowest BCUT2D eigenvalue weighted by Crippen LogP contribution is -1.81. The van der Waals surface area contributed by atoms with Crippen molar-refractivity contribution >= 4 is 11.9 Å². The molecule has 0 aliphatic heterocycles. The molecule has 0 aliphatic rings. The maximum Gasteiger partial charge on any atom is 0.300 e. The van der Waals surface area contributed by atoms with Gasteiger partial charge < -0.3 is 5.11 Å². The molecule has 0 bridgehead atoms. The average molecular weight is 270 g/mol. The normalized spacial score (nSPS) is 9.16. The first-order valence-electron chi connectivity index (χ1n) is 7.54. The van der Waals surface area contributed by atoms with Crippen LogP contribution in [0.4, 0.5) is 0 Å². The smallest absolute Gasteiger partial charge is 0.300 e. The summed E-state index contributed by atoms with van der Waals surface area (Å²) >= 11 is 0. The zero-order chi connectivity index (χ0) is 14.8. The Morgan fingerprint density at radius 1 is 0.947 bits per heavy atom. The van der Waals surface area contributed by atoms with E-state index in [0.717, 1.165) is 19.8 Å². The molecule has 0 unspecified atom stereocenters. The van der Waals surface area contributed by atoms with Crippen molar-refractivity contribution in [3.8, 4) is 0 Å². The van der Waals surface area contributed by atoms with Gasteiger partial charge in [-0.3, -0.25) is 4.79 Å². The highest BCUT2D eigenvalue weighted by Crippen LogP contribution is 2.11. The molecule has 0 atom stereocenters. The molecule has 0 aromatic rings. The van der Waals surface area contributed by atoms with Gasteiger partial charge in [-0.05, 0) is 18.9 Å². The first kappa shape index (κ1) is 20.2. The van der Waals surface area contributed by atoms with E-state index in [9.17, 15) is 4.79 Å². The van der Waals surface area contributed by atoms with Crippen molar-refractivity contribution in [2.45, 2.75) is 84.5 Å². The second-order valence-electron chi connectivity index (χ2n) is 4.81. The Bertz CT molecular complexity index is 226. The van der Waals surface area contributed by atoms with Gasteiger partial charge in [-0.1, -0.05) is 64.7 Å². The molecule has 0 saturated carbocycles. The summed E-state index contributed by atoms with van der Waals surface area (Å²) in [6.45, 7) is 3.34.